The number of hydrogen-bond donors (Lipinski definition) is 1. The number of aromatic amines is 1. The molecule has 0 radical (unpaired) electrons. The molecule has 0 aliphatic carbocycles. The van der Waals surface area contributed by atoms with Crippen LogP contribution in [0.3, 0.4) is 0 Å². The number of rotatable bonds is 2. The van der Waals surface area contributed by atoms with Crippen LogP contribution in [0.2, 0.25) is 0 Å². The number of hydrogen-bond acceptors (Lipinski definition) is 2. The highest BCUT2D eigenvalue weighted by molar-refractivity contribution is 5.66. The molecular weight excluding hydrogens is 176 g/mol. The highest BCUT2D eigenvalue weighted by atomic mass is 16.5. The number of methoxy groups -OCH3 is 1. The zero-order valence-electron chi connectivity index (χ0n) is 8.24. The lowest BCUT2D eigenvalue weighted by Gasteiger charge is -2.05. The Kier molecular flexibility index (Phi) is 2.23. The predicted molar refractivity (Wildman–Crippen MR) is 55.3 cm³/mol. The van der Waals surface area contributed by atoms with E-state index in [-0.39, 0.29) is 0 Å². The first-order chi connectivity index (χ1) is 6.81. The van der Waals surface area contributed by atoms with Crippen molar-refractivity contribution in [2.45, 2.75) is 6.92 Å². The summed E-state index contributed by atoms with van der Waals surface area (Å²) in [4.78, 5) is 7.33. The van der Waals surface area contributed by atoms with Gasteiger partial charge in [0.1, 0.15) is 11.6 Å². The zero-order valence-corrected chi connectivity index (χ0v) is 8.24. The SMILES string of the molecule is COc1ccccc1-c1cnc(C)[nH]1. The van der Waals surface area contributed by atoms with Gasteiger partial charge in [0.15, 0.2) is 0 Å². The van der Waals surface area contributed by atoms with Crippen molar-refractivity contribution in [1.82, 2.24) is 9.97 Å². The second kappa shape index (κ2) is 3.54. The van der Waals surface area contributed by atoms with Gasteiger partial charge in [0.25, 0.3) is 0 Å². The summed E-state index contributed by atoms with van der Waals surface area (Å²) in [7, 11) is 1.67. The molecular formula is C11H12N2O. The number of imidazole rings is 1. The Balaban J connectivity index is 2.50. The van der Waals surface area contributed by atoms with Crippen molar-refractivity contribution in [3.05, 3.63) is 36.3 Å². The monoisotopic (exact) mass is 188 g/mol. The molecule has 1 heterocycles. The Morgan fingerprint density at radius 2 is 2.07 bits per heavy atom. The van der Waals surface area contributed by atoms with Crippen molar-refractivity contribution in [3.8, 4) is 17.0 Å². The number of H-pyrrole nitrogens is 1. The Bertz CT molecular complexity index is 434. The maximum absolute atomic E-state index is 5.26. The van der Waals surface area contributed by atoms with Crippen LogP contribution >= 0.6 is 0 Å². The van der Waals surface area contributed by atoms with Crippen LogP contribution in [-0.4, -0.2) is 17.1 Å². The van der Waals surface area contributed by atoms with Crippen molar-refractivity contribution in [2.75, 3.05) is 7.11 Å². The molecule has 0 saturated carbocycles. The van der Waals surface area contributed by atoms with E-state index in [2.05, 4.69) is 9.97 Å². The molecule has 0 aliphatic heterocycles. The third-order valence-electron chi connectivity index (χ3n) is 2.10. The summed E-state index contributed by atoms with van der Waals surface area (Å²) in [6.07, 6.45) is 1.81. The van der Waals surface area contributed by atoms with E-state index in [9.17, 15) is 0 Å². The minimum absolute atomic E-state index is 0.858. The Labute approximate surface area is 82.8 Å². The molecule has 3 nitrogen and oxygen atoms in total. The van der Waals surface area contributed by atoms with Gasteiger partial charge in [-0.3, -0.25) is 0 Å². The Morgan fingerprint density at radius 3 is 2.71 bits per heavy atom. The number of benzene rings is 1. The van der Waals surface area contributed by atoms with E-state index in [0.29, 0.717) is 0 Å². The minimum atomic E-state index is 0.858. The molecule has 1 aromatic carbocycles. The van der Waals surface area contributed by atoms with Gasteiger partial charge in [-0.05, 0) is 19.1 Å². The first-order valence-electron chi connectivity index (χ1n) is 4.46. The Hall–Kier alpha value is -1.77. The predicted octanol–water partition coefficient (Wildman–Crippen LogP) is 2.39. The van der Waals surface area contributed by atoms with E-state index in [4.69, 9.17) is 4.74 Å². The average Bonchev–Trinajstić information content (AvgIpc) is 2.65. The van der Waals surface area contributed by atoms with Crippen LogP contribution in [0.25, 0.3) is 11.3 Å². The van der Waals surface area contributed by atoms with Crippen LogP contribution in [0, 0.1) is 6.92 Å². The number of para-hydroxylation sites is 1. The van der Waals surface area contributed by atoms with Gasteiger partial charge in [-0.2, -0.15) is 0 Å². The van der Waals surface area contributed by atoms with Gasteiger partial charge < -0.3 is 9.72 Å². The van der Waals surface area contributed by atoms with Crippen molar-refractivity contribution >= 4 is 0 Å². The third kappa shape index (κ3) is 1.48. The summed E-state index contributed by atoms with van der Waals surface area (Å²) in [5, 5.41) is 0. The van der Waals surface area contributed by atoms with Crippen molar-refractivity contribution in [1.29, 1.82) is 0 Å². The van der Waals surface area contributed by atoms with E-state index in [1.54, 1.807) is 7.11 Å². The smallest absolute Gasteiger partial charge is 0.128 e. The highest BCUT2D eigenvalue weighted by Gasteiger charge is 2.05. The molecule has 2 rings (SSSR count). The first kappa shape index (κ1) is 8.81. The fourth-order valence-electron chi connectivity index (χ4n) is 1.42. The molecule has 1 aromatic heterocycles. The fraction of sp³-hybridized carbons (Fsp3) is 0.182. The number of aryl methyl sites for hydroxylation is 1. The lowest BCUT2D eigenvalue weighted by Crippen LogP contribution is -1.87. The Morgan fingerprint density at radius 1 is 1.29 bits per heavy atom. The maximum atomic E-state index is 5.26. The summed E-state index contributed by atoms with van der Waals surface area (Å²) in [5.41, 5.74) is 2.02. The number of ether oxygens (including phenoxy) is 1. The van der Waals surface area contributed by atoms with E-state index >= 15 is 0 Å². The van der Waals surface area contributed by atoms with Gasteiger partial charge in [-0.15, -0.1) is 0 Å². The molecule has 2 aromatic rings. The molecule has 0 fully saturated rings. The molecule has 0 atom stereocenters. The largest absolute Gasteiger partial charge is 0.496 e. The standard InChI is InChI=1S/C11H12N2O/c1-8-12-7-10(13-8)9-5-3-4-6-11(9)14-2/h3-7H,1-2H3,(H,12,13). The number of nitrogens with zero attached hydrogens (tertiary/aromatic N) is 1. The highest BCUT2D eigenvalue weighted by Crippen LogP contribution is 2.27. The van der Waals surface area contributed by atoms with Gasteiger partial charge in [-0.1, -0.05) is 12.1 Å². The van der Waals surface area contributed by atoms with E-state index in [0.717, 1.165) is 22.8 Å². The van der Waals surface area contributed by atoms with Crippen LogP contribution in [-0.2, 0) is 0 Å². The van der Waals surface area contributed by atoms with Gasteiger partial charge in [0.05, 0.1) is 19.0 Å². The summed E-state index contributed by atoms with van der Waals surface area (Å²) in [6, 6.07) is 7.87. The minimum Gasteiger partial charge on any atom is -0.496 e. The number of nitrogens with one attached hydrogen (secondary N) is 1. The van der Waals surface area contributed by atoms with Crippen molar-refractivity contribution in [3.63, 3.8) is 0 Å². The van der Waals surface area contributed by atoms with Crippen LogP contribution in [0.15, 0.2) is 30.5 Å². The van der Waals surface area contributed by atoms with Crippen LogP contribution in [0.5, 0.6) is 5.75 Å². The summed E-state index contributed by atoms with van der Waals surface area (Å²) in [6.45, 7) is 1.93. The van der Waals surface area contributed by atoms with Gasteiger partial charge in [0, 0.05) is 5.56 Å². The number of aromatic nitrogens is 2. The zero-order chi connectivity index (χ0) is 9.97. The molecule has 14 heavy (non-hydrogen) atoms. The maximum Gasteiger partial charge on any atom is 0.128 e. The first-order valence-corrected chi connectivity index (χ1v) is 4.46. The molecule has 0 unspecified atom stereocenters. The molecule has 0 amide bonds. The summed E-state index contributed by atoms with van der Waals surface area (Å²) >= 11 is 0. The third-order valence-corrected chi connectivity index (χ3v) is 2.10. The quantitative estimate of drug-likeness (QED) is 0.785. The van der Waals surface area contributed by atoms with Crippen molar-refractivity contribution in [2.24, 2.45) is 0 Å². The van der Waals surface area contributed by atoms with E-state index < -0.39 is 0 Å². The molecule has 0 aliphatic rings. The van der Waals surface area contributed by atoms with E-state index in [1.165, 1.54) is 0 Å². The summed E-state index contributed by atoms with van der Waals surface area (Å²) < 4.78 is 5.26. The van der Waals surface area contributed by atoms with Gasteiger partial charge >= 0.3 is 0 Å². The molecule has 72 valence electrons. The second-order valence-electron chi connectivity index (χ2n) is 3.08. The van der Waals surface area contributed by atoms with Crippen molar-refractivity contribution < 1.29 is 4.74 Å². The molecule has 0 spiro atoms. The van der Waals surface area contributed by atoms with Crippen LogP contribution < -0.4 is 4.74 Å². The molecule has 1 N–H and O–H groups in total. The topological polar surface area (TPSA) is 37.9 Å². The van der Waals surface area contributed by atoms with Crippen LogP contribution in [0.1, 0.15) is 5.82 Å². The average molecular weight is 188 g/mol. The lowest BCUT2D eigenvalue weighted by molar-refractivity contribution is 0.416. The normalized spacial score (nSPS) is 10.1. The molecule has 3 heteroatoms. The van der Waals surface area contributed by atoms with Crippen LogP contribution in [0.4, 0.5) is 0 Å². The van der Waals surface area contributed by atoms with Gasteiger partial charge in [-0.25, -0.2) is 4.98 Å². The second-order valence-corrected chi connectivity index (χ2v) is 3.08. The van der Waals surface area contributed by atoms with Gasteiger partial charge in [0.2, 0.25) is 0 Å². The lowest BCUT2D eigenvalue weighted by atomic mass is 10.1. The summed E-state index contributed by atoms with van der Waals surface area (Å²) in [5.74, 6) is 1.77. The molecule has 0 saturated heterocycles. The fourth-order valence-corrected chi connectivity index (χ4v) is 1.42. The van der Waals surface area contributed by atoms with E-state index in [1.807, 2.05) is 37.4 Å². The molecule has 0 bridgehead atoms.